The smallest absolute Gasteiger partial charge is 0.0585 e. The molecule has 3 rings (SSSR count). The number of anilines is 1. The number of nitrogens with zero attached hydrogens (tertiary/aromatic N) is 2. The van der Waals surface area contributed by atoms with E-state index >= 15 is 0 Å². The second-order valence-corrected chi connectivity index (χ2v) is 17.8. The fourth-order valence-corrected chi connectivity index (χ4v) is 9.56. The van der Waals surface area contributed by atoms with Crippen molar-refractivity contribution in [2.75, 3.05) is 39.5 Å². The molecule has 53 heavy (non-hydrogen) atoms. The summed E-state index contributed by atoms with van der Waals surface area (Å²) >= 11 is 0. The molecule has 2 aliphatic rings. The van der Waals surface area contributed by atoms with Crippen LogP contribution in [0.2, 0.25) is 0 Å². The number of benzene rings is 1. The maximum absolute atomic E-state index is 6.37. The third-order valence-electron chi connectivity index (χ3n) is 13.4. The summed E-state index contributed by atoms with van der Waals surface area (Å²) in [4.78, 5) is 2.50. The molecule has 1 fully saturated rings. The fourth-order valence-electron chi connectivity index (χ4n) is 9.56. The minimum atomic E-state index is 0.417. The molecule has 1 saturated carbocycles. The Morgan fingerprint density at radius 3 is 2.36 bits per heavy atom. The van der Waals surface area contributed by atoms with Gasteiger partial charge in [0.1, 0.15) is 0 Å². The fraction of sp³-hybridized carbons (Fsp3) is 0.660. The van der Waals surface area contributed by atoms with E-state index < -0.39 is 0 Å². The summed E-state index contributed by atoms with van der Waals surface area (Å²) in [6, 6.07) is 8.29. The summed E-state index contributed by atoms with van der Waals surface area (Å²) in [6.45, 7) is 28.6. The van der Waals surface area contributed by atoms with Gasteiger partial charge in [-0.1, -0.05) is 114 Å². The number of allylic oxidation sites excluding steroid dienone is 6. The van der Waals surface area contributed by atoms with Gasteiger partial charge in [-0.3, -0.25) is 0 Å². The van der Waals surface area contributed by atoms with E-state index in [9.17, 15) is 0 Å². The minimum absolute atomic E-state index is 0.417. The van der Waals surface area contributed by atoms with Crippen LogP contribution in [0.5, 0.6) is 0 Å². The highest BCUT2D eigenvalue weighted by Crippen LogP contribution is 2.44. The normalized spacial score (nSPS) is 33.0. The zero-order valence-electron chi connectivity index (χ0n) is 35.4. The third-order valence-corrected chi connectivity index (χ3v) is 13.4. The Balaban J connectivity index is 1.84. The van der Waals surface area contributed by atoms with Crippen molar-refractivity contribution in [1.29, 1.82) is 0 Å². The van der Waals surface area contributed by atoms with Gasteiger partial charge in [0.05, 0.1) is 5.70 Å². The predicted octanol–water partition coefficient (Wildman–Crippen LogP) is 10.0. The summed E-state index contributed by atoms with van der Waals surface area (Å²) in [7, 11) is 4.58. The molecule has 0 saturated heterocycles. The Kier molecular flexibility index (Phi) is 18.5. The molecule has 6 nitrogen and oxygen atoms in total. The molecule has 0 heterocycles. The molecule has 0 amide bonds. The van der Waals surface area contributed by atoms with Crippen molar-refractivity contribution in [3.63, 3.8) is 0 Å². The van der Waals surface area contributed by atoms with E-state index in [1.54, 1.807) is 11.2 Å². The summed E-state index contributed by atoms with van der Waals surface area (Å²) in [5, 5.41) is 5.43. The van der Waals surface area contributed by atoms with Gasteiger partial charge in [0.25, 0.3) is 0 Å². The number of para-hydroxylation sites is 1. The standard InChI is InChI=1S/C47H80N6/c1-12-41-26-33(3)18-20-35(5)44(29-40-27-37(7)39(9)47(30-40)52(10)11)42(28-36(6)34(4)19-17-32(2)25-38(41)8)21-22-51-23-24-53(50)31-46(49)43-15-13-14-16-45(43)48/h13-17,19,25,31,35-42,44,47,51H,3-4,12,18,20-24,26-30,48-50H2,1-2,5-11H3/b19-17+,32-25+,46-31-/t35-,36+,37-,38-,39?,40-,41-,42-,44?,47?/m0/s1. The maximum Gasteiger partial charge on any atom is 0.0585 e. The van der Waals surface area contributed by atoms with Crippen LogP contribution < -0.4 is 22.6 Å². The van der Waals surface area contributed by atoms with Gasteiger partial charge in [-0.05, 0) is 138 Å². The topological polar surface area (TPSA) is 96.6 Å². The van der Waals surface area contributed by atoms with E-state index in [1.165, 1.54) is 48.8 Å². The monoisotopic (exact) mass is 729 g/mol. The molecule has 7 N–H and O–H groups in total. The largest absolute Gasteiger partial charge is 0.398 e. The lowest BCUT2D eigenvalue weighted by Crippen LogP contribution is -2.43. The molecule has 3 unspecified atom stereocenters. The molecule has 10 atom stereocenters. The van der Waals surface area contributed by atoms with E-state index in [2.05, 4.69) is 104 Å². The van der Waals surface area contributed by atoms with Gasteiger partial charge < -0.3 is 26.7 Å². The molecule has 1 aromatic rings. The molecule has 0 spiro atoms. The number of nitrogen functional groups attached to an aromatic ring is 1. The lowest BCUT2D eigenvalue weighted by molar-refractivity contribution is 0.0586. The van der Waals surface area contributed by atoms with Gasteiger partial charge in [0.15, 0.2) is 0 Å². The van der Waals surface area contributed by atoms with Gasteiger partial charge >= 0.3 is 0 Å². The average Bonchev–Trinajstić information content (AvgIpc) is 3.10. The number of rotatable bonds is 12. The quantitative estimate of drug-likeness (QED) is 0.0563. The van der Waals surface area contributed by atoms with E-state index in [0.717, 1.165) is 62.1 Å². The zero-order chi connectivity index (χ0) is 39.2. The molecule has 0 radical (unpaired) electrons. The van der Waals surface area contributed by atoms with Crippen LogP contribution in [0.1, 0.15) is 112 Å². The summed E-state index contributed by atoms with van der Waals surface area (Å²) in [6.07, 6.45) is 19.8. The molecule has 6 heteroatoms. The zero-order valence-corrected chi connectivity index (χ0v) is 35.4. The highest BCUT2D eigenvalue weighted by molar-refractivity contribution is 5.72. The molecular weight excluding hydrogens is 649 g/mol. The van der Waals surface area contributed by atoms with Crippen LogP contribution in [0.15, 0.2) is 78.6 Å². The first kappa shape index (κ1) is 44.6. The van der Waals surface area contributed by atoms with E-state index in [1.807, 2.05) is 24.3 Å². The molecular formula is C47H80N6. The van der Waals surface area contributed by atoms with E-state index in [0.29, 0.717) is 59.5 Å². The molecule has 2 aliphatic carbocycles. The number of nitrogens with two attached hydrogens (primary N) is 3. The number of hydrogen-bond acceptors (Lipinski definition) is 6. The van der Waals surface area contributed by atoms with Crippen LogP contribution in [0.4, 0.5) is 5.69 Å². The Labute approximate surface area is 326 Å². The van der Waals surface area contributed by atoms with Crippen LogP contribution >= 0.6 is 0 Å². The van der Waals surface area contributed by atoms with Crippen LogP contribution in [-0.2, 0) is 0 Å². The SMILES string of the molecule is C=C1CC[C@H](C)C(C[C@H]2CC(N(C)C)C(C)[C@@H](C)C2)[C@@H](CCNCCN(N)/C=C(\N)c2ccccc2N)C[C@@H](C)C(=C)/C=C/C(C)=C/[C@H](C)[C@@H](CC)C1. The summed E-state index contributed by atoms with van der Waals surface area (Å²) in [5.41, 5.74) is 18.6. The van der Waals surface area contributed by atoms with E-state index in [-0.39, 0.29) is 0 Å². The third kappa shape index (κ3) is 14.1. The highest BCUT2D eigenvalue weighted by Gasteiger charge is 2.37. The second-order valence-electron chi connectivity index (χ2n) is 17.8. The van der Waals surface area contributed by atoms with Gasteiger partial charge in [-0.15, -0.1) is 0 Å². The average molecular weight is 729 g/mol. The lowest BCUT2D eigenvalue weighted by Gasteiger charge is -2.45. The number of nitrogens with one attached hydrogen (secondary N) is 1. The van der Waals surface area contributed by atoms with Gasteiger partial charge in [0.2, 0.25) is 0 Å². The van der Waals surface area contributed by atoms with E-state index in [4.69, 9.17) is 17.3 Å². The number of hydrogen-bond donors (Lipinski definition) is 4. The first-order valence-corrected chi connectivity index (χ1v) is 21.0. The first-order valence-electron chi connectivity index (χ1n) is 21.0. The van der Waals surface area contributed by atoms with Crippen molar-refractivity contribution in [2.45, 2.75) is 112 Å². The van der Waals surface area contributed by atoms with Crippen molar-refractivity contribution >= 4 is 11.4 Å². The Bertz CT molecular complexity index is 1370. The van der Waals surface area contributed by atoms with Crippen molar-refractivity contribution in [2.24, 2.45) is 64.8 Å². The van der Waals surface area contributed by atoms with Crippen molar-refractivity contribution < 1.29 is 0 Å². The molecule has 298 valence electrons. The van der Waals surface area contributed by atoms with Gasteiger partial charge in [-0.25, -0.2) is 5.84 Å². The second kappa shape index (κ2) is 21.9. The van der Waals surface area contributed by atoms with Crippen molar-refractivity contribution in [3.05, 3.63) is 84.1 Å². The Hall–Kier alpha value is -2.80. The van der Waals surface area contributed by atoms with Crippen LogP contribution in [0, 0.1) is 53.3 Å². The van der Waals surface area contributed by atoms with Crippen LogP contribution in [0.25, 0.3) is 5.70 Å². The summed E-state index contributed by atoms with van der Waals surface area (Å²) in [5.74, 6) is 12.1. The minimum Gasteiger partial charge on any atom is -0.398 e. The number of hydrazine groups is 1. The van der Waals surface area contributed by atoms with Gasteiger partial charge in [0, 0.05) is 36.6 Å². The Morgan fingerprint density at radius 2 is 1.68 bits per heavy atom. The summed E-state index contributed by atoms with van der Waals surface area (Å²) < 4.78 is 0. The van der Waals surface area contributed by atoms with Crippen LogP contribution in [0.3, 0.4) is 0 Å². The molecule has 0 aromatic heterocycles. The van der Waals surface area contributed by atoms with Crippen molar-refractivity contribution in [1.82, 2.24) is 15.2 Å². The highest BCUT2D eigenvalue weighted by atomic mass is 15.4. The molecule has 0 bridgehead atoms. The Morgan fingerprint density at radius 1 is 0.962 bits per heavy atom. The van der Waals surface area contributed by atoms with Crippen molar-refractivity contribution in [3.8, 4) is 0 Å². The first-order chi connectivity index (χ1) is 25.1. The lowest BCUT2D eigenvalue weighted by atomic mass is 9.65. The predicted molar refractivity (Wildman–Crippen MR) is 232 cm³/mol. The molecule has 1 aromatic carbocycles. The van der Waals surface area contributed by atoms with Crippen LogP contribution in [-0.4, -0.2) is 49.7 Å². The molecule has 0 aliphatic heterocycles. The van der Waals surface area contributed by atoms with Gasteiger partial charge in [-0.2, -0.15) is 0 Å². The maximum atomic E-state index is 6.37.